The predicted molar refractivity (Wildman–Crippen MR) is 50.2 cm³/mol. The van der Waals surface area contributed by atoms with Crippen molar-refractivity contribution in [2.24, 2.45) is 0 Å². The van der Waals surface area contributed by atoms with Gasteiger partial charge in [0.05, 0.1) is 0 Å². The first-order valence-corrected chi connectivity index (χ1v) is 4.66. The number of hydrogen-bond donors (Lipinski definition) is 0. The van der Waals surface area contributed by atoms with E-state index in [1.54, 1.807) is 6.92 Å². The van der Waals surface area contributed by atoms with E-state index < -0.39 is 0 Å². The summed E-state index contributed by atoms with van der Waals surface area (Å²) in [5, 5.41) is 0. The molecule has 1 fully saturated rings. The summed E-state index contributed by atoms with van der Waals surface area (Å²) in [4.78, 5) is 13.3. The van der Waals surface area contributed by atoms with Crippen molar-refractivity contribution in [1.29, 1.82) is 0 Å². The fourth-order valence-electron chi connectivity index (χ4n) is 1.95. The summed E-state index contributed by atoms with van der Waals surface area (Å²) in [6.45, 7) is 6.17. The summed E-state index contributed by atoms with van der Waals surface area (Å²) < 4.78 is 0. The van der Waals surface area contributed by atoms with Crippen molar-refractivity contribution in [1.82, 2.24) is 4.90 Å². The van der Waals surface area contributed by atoms with Crippen LogP contribution in [0.3, 0.4) is 0 Å². The summed E-state index contributed by atoms with van der Waals surface area (Å²) in [6.07, 6.45) is 3.10. The van der Waals surface area contributed by atoms with Gasteiger partial charge < -0.3 is 0 Å². The maximum Gasteiger partial charge on any atom is 0.131 e. The van der Waals surface area contributed by atoms with Crippen LogP contribution in [0.4, 0.5) is 0 Å². The van der Waals surface area contributed by atoms with Crippen LogP contribution in [0.15, 0.2) is 0 Å². The molecule has 1 aliphatic heterocycles. The fraction of sp³-hybridized carbons (Fsp3) is 0.900. The summed E-state index contributed by atoms with van der Waals surface area (Å²) in [6, 6.07) is 0.484. The topological polar surface area (TPSA) is 20.3 Å². The molecule has 70 valence electrons. The Balaban J connectivity index is 2.55. The Morgan fingerprint density at radius 2 is 2.17 bits per heavy atom. The van der Waals surface area contributed by atoms with Crippen molar-refractivity contribution in [2.45, 2.75) is 51.6 Å². The number of Topliss-reactive ketones (excluding diaryl/α,β-unsaturated/α-hetero) is 1. The van der Waals surface area contributed by atoms with Gasteiger partial charge in [-0.3, -0.25) is 9.69 Å². The van der Waals surface area contributed by atoms with E-state index in [4.69, 9.17) is 0 Å². The average Bonchev–Trinajstić information content (AvgIpc) is 2.15. The lowest BCUT2D eigenvalue weighted by atomic mass is 10.0. The molecule has 12 heavy (non-hydrogen) atoms. The number of nitrogens with zero attached hydrogens (tertiary/aromatic N) is 1. The highest BCUT2D eigenvalue weighted by Crippen LogP contribution is 2.32. The highest BCUT2D eigenvalue weighted by Gasteiger charge is 2.36. The lowest BCUT2D eigenvalue weighted by Crippen LogP contribution is -2.40. The predicted octanol–water partition coefficient (Wildman–Crippen LogP) is 1.84. The van der Waals surface area contributed by atoms with Crippen LogP contribution in [0.1, 0.15) is 40.0 Å². The normalized spacial score (nSPS) is 29.2. The molecule has 0 radical (unpaired) electrons. The van der Waals surface area contributed by atoms with Crippen LogP contribution in [0.2, 0.25) is 0 Å². The molecule has 0 aromatic heterocycles. The fourth-order valence-corrected chi connectivity index (χ4v) is 1.95. The van der Waals surface area contributed by atoms with Gasteiger partial charge in [0.1, 0.15) is 5.78 Å². The first-order valence-electron chi connectivity index (χ1n) is 4.66. The van der Waals surface area contributed by atoms with Gasteiger partial charge in [-0.1, -0.05) is 0 Å². The SMILES string of the molecule is CC(=O)CC1CCC(C)(C)N1C. The van der Waals surface area contributed by atoms with E-state index in [0.29, 0.717) is 17.4 Å². The quantitative estimate of drug-likeness (QED) is 0.628. The monoisotopic (exact) mass is 169 g/mol. The van der Waals surface area contributed by atoms with Crippen molar-refractivity contribution in [3.8, 4) is 0 Å². The maximum absolute atomic E-state index is 10.9. The molecule has 1 aliphatic rings. The Bertz CT molecular complexity index is 186. The van der Waals surface area contributed by atoms with Gasteiger partial charge in [0.25, 0.3) is 0 Å². The van der Waals surface area contributed by atoms with E-state index in [-0.39, 0.29) is 0 Å². The van der Waals surface area contributed by atoms with Gasteiger partial charge in [0, 0.05) is 18.0 Å². The molecule has 1 heterocycles. The van der Waals surface area contributed by atoms with Crippen molar-refractivity contribution < 1.29 is 4.79 Å². The summed E-state index contributed by atoms with van der Waals surface area (Å²) in [5.41, 5.74) is 0.292. The zero-order valence-electron chi connectivity index (χ0n) is 8.55. The molecular weight excluding hydrogens is 150 g/mol. The minimum atomic E-state index is 0.292. The second kappa shape index (κ2) is 3.17. The molecule has 0 N–H and O–H groups in total. The largest absolute Gasteiger partial charge is 0.300 e. The number of ketones is 1. The van der Waals surface area contributed by atoms with E-state index in [1.807, 2.05) is 0 Å². The third kappa shape index (κ3) is 1.86. The zero-order chi connectivity index (χ0) is 9.35. The highest BCUT2D eigenvalue weighted by atomic mass is 16.1. The Kier molecular flexibility index (Phi) is 2.57. The van der Waals surface area contributed by atoms with Gasteiger partial charge in [0.15, 0.2) is 0 Å². The van der Waals surface area contributed by atoms with Crippen molar-refractivity contribution in [3.63, 3.8) is 0 Å². The van der Waals surface area contributed by atoms with Crippen LogP contribution in [-0.2, 0) is 4.79 Å². The van der Waals surface area contributed by atoms with Crippen LogP contribution in [-0.4, -0.2) is 29.3 Å². The summed E-state index contributed by atoms with van der Waals surface area (Å²) in [5.74, 6) is 0.310. The third-order valence-electron chi connectivity index (χ3n) is 3.11. The summed E-state index contributed by atoms with van der Waals surface area (Å²) >= 11 is 0. The van der Waals surface area contributed by atoms with Gasteiger partial charge in [-0.25, -0.2) is 0 Å². The first kappa shape index (κ1) is 9.72. The second-order valence-electron chi connectivity index (χ2n) is 4.52. The molecule has 0 saturated carbocycles. The Morgan fingerprint density at radius 3 is 2.50 bits per heavy atom. The lowest BCUT2D eigenvalue weighted by molar-refractivity contribution is -0.118. The van der Waals surface area contributed by atoms with Gasteiger partial charge >= 0.3 is 0 Å². The minimum Gasteiger partial charge on any atom is -0.300 e. The number of carbonyl (C=O) groups excluding carboxylic acids is 1. The Labute approximate surface area is 74.9 Å². The molecular formula is C10H19NO. The molecule has 0 aromatic carbocycles. The van der Waals surface area contributed by atoms with Crippen LogP contribution in [0, 0.1) is 0 Å². The number of hydrogen-bond acceptors (Lipinski definition) is 2. The molecule has 0 aliphatic carbocycles. The molecule has 1 rings (SSSR count). The van der Waals surface area contributed by atoms with Crippen molar-refractivity contribution >= 4 is 5.78 Å². The lowest BCUT2D eigenvalue weighted by Gasteiger charge is -2.31. The minimum absolute atomic E-state index is 0.292. The van der Waals surface area contributed by atoms with Gasteiger partial charge in [0.2, 0.25) is 0 Å². The molecule has 0 amide bonds. The molecule has 1 atom stereocenters. The number of likely N-dealkylation sites (tertiary alicyclic amines) is 1. The van der Waals surface area contributed by atoms with E-state index >= 15 is 0 Å². The van der Waals surface area contributed by atoms with E-state index in [2.05, 4.69) is 25.8 Å². The molecule has 0 aromatic rings. The standard InChI is InChI=1S/C10H19NO/c1-8(12)7-9-5-6-10(2,3)11(9)4/h9H,5-7H2,1-4H3. The molecule has 1 unspecified atom stereocenters. The summed E-state index contributed by atoms with van der Waals surface area (Å²) in [7, 11) is 2.13. The van der Waals surface area contributed by atoms with Gasteiger partial charge in [-0.15, -0.1) is 0 Å². The number of carbonyl (C=O) groups is 1. The van der Waals surface area contributed by atoms with Crippen LogP contribution >= 0.6 is 0 Å². The smallest absolute Gasteiger partial charge is 0.131 e. The zero-order valence-corrected chi connectivity index (χ0v) is 8.55. The van der Waals surface area contributed by atoms with Gasteiger partial charge in [-0.05, 0) is 40.7 Å². The second-order valence-corrected chi connectivity index (χ2v) is 4.52. The van der Waals surface area contributed by atoms with Crippen LogP contribution < -0.4 is 0 Å². The Morgan fingerprint density at radius 1 is 1.58 bits per heavy atom. The Hall–Kier alpha value is -0.370. The molecule has 0 bridgehead atoms. The van der Waals surface area contributed by atoms with E-state index in [0.717, 1.165) is 6.42 Å². The third-order valence-corrected chi connectivity index (χ3v) is 3.11. The van der Waals surface area contributed by atoms with Crippen LogP contribution in [0.25, 0.3) is 0 Å². The molecule has 1 saturated heterocycles. The van der Waals surface area contributed by atoms with E-state index in [9.17, 15) is 4.79 Å². The van der Waals surface area contributed by atoms with Crippen molar-refractivity contribution in [3.05, 3.63) is 0 Å². The van der Waals surface area contributed by atoms with Gasteiger partial charge in [-0.2, -0.15) is 0 Å². The molecule has 2 nitrogen and oxygen atoms in total. The van der Waals surface area contributed by atoms with E-state index in [1.165, 1.54) is 12.8 Å². The average molecular weight is 169 g/mol. The number of rotatable bonds is 2. The molecule has 2 heteroatoms. The highest BCUT2D eigenvalue weighted by molar-refractivity contribution is 5.76. The first-order chi connectivity index (χ1) is 5.43. The van der Waals surface area contributed by atoms with Crippen molar-refractivity contribution in [2.75, 3.05) is 7.05 Å². The van der Waals surface area contributed by atoms with Crippen LogP contribution in [0.5, 0.6) is 0 Å². The molecule has 0 spiro atoms. The maximum atomic E-state index is 10.9.